The number of hydrogen-bond donors (Lipinski definition) is 1. The van der Waals surface area contributed by atoms with Crippen LogP contribution in [0.2, 0.25) is 5.02 Å². The van der Waals surface area contributed by atoms with E-state index in [1.165, 1.54) is 18.0 Å². The summed E-state index contributed by atoms with van der Waals surface area (Å²) in [5.74, 6) is -1.83. The summed E-state index contributed by atoms with van der Waals surface area (Å²) in [6.07, 6.45) is -0.0797. The van der Waals surface area contributed by atoms with Crippen molar-refractivity contribution in [3.05, 3.63) is 70.5 Å². The van der Waals surface area contributed by atoms with Gasteiger partial charge >= 0.3 is 5.97 Å². The first-order valence-corrected chi connectivity index (χ1v) is 8.91. The van der Waals surface area contributed by atoms with E-state index in [1.807, 2.05) is 0 Å². The molecule has 0 radical (unpaired) electrons. The van der Waals surface area contributed by atoms with E-state index in [0.717, 1.165) is 0 Å². The van der Waals surface area contributed by atoms with Crippen LogP contribution >= 0.6 is 11.6 Å². The highest BCUT2D eigenvalue weighted by molar-refractivity contribution is 6.30. The van der Waals surface area contributed by atoms with Crippen molar-refractivity contribution in [1.82, 2.24) is 10.2 Å². The molecule has 0 aliphatic heterocycles. The standard InChI is InChI=1S/C20H20ClFN2O4/c1-24(12-15-4-2-3-5-17(15)22)18(25)13-28-19(26)10-11-23-20(27)14-6-8-16(21)9-7-14/h2-9H,10-13H2,1H3,(H,23,27). The van der Waals surface area contributed by atoms with E-state index in [1.54, 1.807) is 42.5 Å². The fourth-order valence-corrected chi connectivity index (χ4v) is 2.40. The number of rotatable bonds is 8. The lowest BCUT2D eigenvalue weighted by atomic mass is 10.2. The second-order valence-electron chi connectivity index (χ2n) is 6.01. The Morgan fingerprint density at radius 3 is 2.46 bits per heavy atom. The van der Waals surface area contributed by atoms with Gasteiger partial charge in [0.15, 0.2) is 6.61 Å². The maximum absolute atomic E-state index is 13.6. The molecule has 0 aliphatic rings. The Kier molecular flexibility index (Phi) is 7.95. The van der Waals surface area contributed by atoms with Gasteiger partial charge in [0.05, 0.1) is 6.42 Å². The molecule has 0 saturated heterocycles. The quantitative estimate of drug-likeness (QED) is 0.684. The Morgan fingerprint density at radius 2 is 1.79 bits per heavy atom. The third-order valence-corrected chi connectivity index (χ3v) is 4.12. The van der Waals surface area contributed by atoms with Crippen LogP contribution in [0.5, 0.6) is 0 Å². The molecule has 6 nitrogen and oxygen atoms in total. The van der Waals surface area contributed by atoms with Crippen molar-refractivity contribution in [3.8, 4) is 0 Å². The van der Waals surface area contributed by atoms with Crippen LogP contribution in [0.3, 0.4) is 0 Å². The molecule has 0 fully saturated rings. The predicted molar refractivity (Wildman–Crippen MR) is 102 cm³/mol. The number of amides is 2. The fourth-order valence-electron chi connectivity index (χ4n) is 2.28. The largest absolute Gasteiger partial charge is 0.456 e. The van der Waals surface area contributed by atoms with Crippen molar-refractivity contribution in [2.45, 2.75) is 13.0 Å². The molecule has 0 aliphatic carbocycles. The normalized spacial score (nSPS) is 10.2. The van der Waals surface area contributed by atoms with Gasteiger partial charge in [-0.05, 0) is 30.3 Å². The van der Waals surface area contributed by atoms with E-state index in [9.17, 15) is 18.8 Å². The summed E-state index contributed by atoms with van der Waals surface area (Å²) in [7, 11) is 1.49. The molecule has 0 aromatic heterocycles. The molecule has 1 N–H and O–H groups in total. The number of hydrogen-bond acceptors (Lipinski definition) is 4. The Labute approximate surface area is 167 Å². The first-order valence-electron chi connectivity index (χ1n) is 8.53. The molecule has 148 valence electrons. The van der Waals surface area contributed by atoms with Crippen molar-refractivity contribution < 1.29 is 23.5 Å². The second-order valence-corrected chi connectivity index (χ2v) is 6.45. The molecule has 0 saturated carbocycles. The lowest BCUT2D eigenvalue weighted by molar-refractivity contribution is -0.151. The van der Waals surface area contributed by atoms with Crippen molar-refractivity contribution in [2.75, 3.05) is 20.2 Å². The average Bonchev–Trinajstić information content (AvgIpc) is 2.68. The van der Waals surface area contributed by atoms with Crippen LogP contribution in [0.1, 0.15) is 22.3 Å². The predicted octanol–water partition coefficient (Wildman–Crippen LogP) is 2.80. The zero-order valence-corrected chi connectivity index (χ0v) is 16.0. The van der Waals surface area contributed by atoms with Gasteiger partial charge in [-0.15, -0.1) is 0 Å². The highest BCUT2D eigenvalue weighted by Crippen LogP contribution is 2.10. The Morgan fingerprint density at radius 1 is 1.11 bits per heavy atom. The van der Waals surface area contributed by atoms with E-state index in [2.05, 4.69) is 5.32 Å². The van der Waals surface area contributed by atoms with Crippen LogP contribution in [-0.2, 0) is 20.9 Å². The minimum Gasteiger partial charge on any atom is -0.456 e. The Hall–Kier alpha value is -2.93. The third-order valence-electron chi connectivity index (χ3n) is 3.87. The first kappa shape index (κ1) is 21.4. The van der Waals surface area contributed by atoms with Gasteiger partial charge in [0.2, 0.25) is 0 Å². The van der Waals surface area contributed by atoms with Crippen molar-refractivity contribution in [1.29, 1.82) is 0 Å². The zero-order chi connectivity index (χ0) is 20.5. The molecule has 0 bridgehead atoms. The molecule has 0 unspecified atom stereocenters. The summed E-state index contributed by atoms with van der Waals surface area (Å²) in [6.45, 7) is -0.311. The van der Waals surface area contributed by atoms with E-state index < -0.39 is 24.3 Å². The smallest absolute Gasteiger partial charge is 0.308 e. The molecule has 2 aromatic rings. The molecule has 2 amide bonds. The fraction of sp³-hybridized carbons (Fsp3) is 0.250. The van der Waals surface area contributed by atoms with Crippen LogP contribution in [0, 0.1) is 5.82 Å². The number of benzene rings is 2. The van der Waals surface area contributed by atoms with E-state index in [-0.39, 0.29) is 25.4 Å². The average molecular weight is 407 g/mol. The first-order chi connectivity index (χ1) is 13.4. The molecule has 0 atom stereocenters. The molecule has 2 aromatic carbocycles. The van der Waals surface area contributed by atoms with Gasteiger partial charge in [-0.1, -0.05) is 29.8 Å². The molecular formula is C20H20ClFN2O4. The van der Waals surface area contributed by atoms with Crippen LogP contribution in [-0.4, -0.2) is 42.9 Å². The summed E-state index contributed by atoms with van der Waals surface area (Å²) in [5.41, 5.74) is 0.789. The minimum atomic E-state index is -0.621. The minimum absolute atomic E-state index is 0.0690. The highest BCUT2D eigenvalue weighted by atomic mass is 35.5. The summed E-state index contributed by atoms with van der Waals surface area (Å²) in [6, 6.07) is 12.5. The van der Waals surface area contributed by atoms with Gasteiger partial charge < -0.3 is 15.0 Å². The number of halogens is 2. The van der Waals surface area contributed by atoms with Crippen molar-refractivity contribution in [2.24, 2.45) is 0 Å². The summed E-state index contributed by atoms with van der Waals surface area (Å²) in [4.78, 5) is 36.9. The topological polar surface area (TPSA) is 75.7 Å². The highest BCUT2D eigenvalue weighted by Gasteiger charge is 2.14. The van der Waals surface area contributed by atoms with Crippen LogP contribution < -0.4 is 5.32 Å². The van der Waals surface area contributed by atoms with Gasteiger partial charge in [-0.2, -0.15) is 0 Å². The van der Waals surface area contributed by atoms with Crippen LogP contribution in [0.4, 0.5) is 4.39 Å². The number of carbonyl (C=O) groups is 3. The lowest BCUT2D eigenvalue weighted by Crippen LogP contribution is -2.32. The van der Waals surface area contributed by atoms with Gasteiger partial charge in [0.25, 0.3) is 11.8 Å². The monoisotopic (exact) mass is 406 g/mol. The molecule has 0 spiro atoms. The van der Waals surface area contributed by atoms with Crippen LogP contribution in [0.15, 0.2) is 48.5 Å². The summed E-state index contributed by atoms with van der Waals surface area (Å²) >= 11 is 5.76. The summed E-state index contributed by atoms with van der Waals surface area (Å²) < 4.78 is 18.5. The molecule has 28 heavy (non-hydrogen) atoms. The van der Waals surface area contributed by atoms with Gasteiger partial charge in [0, 0.05) is 36.3 Å². The van der Waals surface area contributed by atoms with Crippen LogP contribution in [0.25, 0.3) is 0 Å². The number of nitrogens with one attached hydrogen (secondary N) is 1. The number of likely N-dealkylation sites (N-methyl/N-ethyl adjacent to an activating group) is 1. The molecule has 0 heterocycles. The second kappa shape index (κ2) is 10.4. The third kappa shape index (κ3) is 6.66. The number of nitrogens with zero attached hydrogens (tertiary/aromatic N) is 1. The van der Waals surface area contributed by atoms with Gasteiger partial charge in [0.1, 0.15) is 5.82 Å². The SMILES string of the molecule is CN(Cc1ccccc1F)C(=O)COC(=O)CCNC(=O)c1ccc(Cl)cc1. The Bertz CT molecular complexity index is 842. The number of ether oxygens (including phenoxy) is 1. The molecule has 2 rings (SSSR count). The van der Waals surface area contributed by atoms with Crippen molar-refractivity contribution >= 4 is 29.4 Å². The Balaban J connectivity index is 1.68. The molecule has 8 heteroatoms. The number of carbonyl (C=O) groups excluding carboxylic acids is 3. The lowest BCUT2D eigenvalue weighted by Gasteiger charge is -2.17. The van der Waals surface area contributed by atoms with Gasteiger partial charge in [-0.3, -0.25) is 14.4 Å². The maximum Gasteiger partial charge on any atom is 0.308 e. The van der Waals surface area contributed by atoms with E-state index in [0.29, 0.717) is 16.1 Å². The number of esters is 1. The molecular weight excluding hydrogens is 387 g/mol. The van der Waals surface area contributed by atoms with Crippen molar-refractivity contribution in [3.63, 3.8) is 0 Å². The van der Waals surface area contributed by atoms with E-state index in [4.69, 9.17) is 16.3 Å². The summed E-state index contributed by atoms with van der Waals surface area (Å²) in [5, 5.41) is 3.10. The zero-order valence-electron chi connectivity index (χ0n) is 15.3. The van der Waals surface area contributed by atoms with E-state index >= 15 is 0 Å². The maximum atomic E-state index is 13.6. The van der Waals surface area contributed by atoms with Gasteiger partial charge in [-0.25, -0.2) is 4.39 Å².